The first-order chi connectivity index (χ1) is 20.5. The summed E-state index contributed by atoms with van der Waals surface area (Å²) in [5.74, 6) is 0.460. The first-order valence-electron chi connectivity index (χ1n) is 14.4. The molecule has 4 rings (SSSR count). The Morgan fingerprint density at radius 2 is 1.72 bits per heavy atom. The summed E-state index contributed by atoms with van der Waals surface area (Å²) in [5.41, 5.74) is 1.33. The summed E-state index contributed by atoms with van der Waals surface area (Å²) in [5, 5.41) is 4.20. The van der Waals surface area contributed by atoms with Gasteiger partial charge in [0.1, 0.15) is 0 Å². The standard InChI is InChI=1S/C33H40AsN2O7/c1-21(2)43-32(39)35-27-20-22(33(3,4)5)19-26(30(27)40-6)34-31(38)29(37)25-11-12-28(24-10-8-7-9-23(24)25)42-18-15-36-13-16-41-17-14-36/h7-12,19-21H,13-18H2,1-6H3,(H,35,39). The summed E-state index contributed by atoms with van der Waals surface area (Å²) in [7, 11) is 1.48. The van der Waals surface area contributed by atoms with E-state index in [0.717, 1.165) is 43.8 Å². The van der Waals surface area contributed by atoms with Gasteiger partial charge in [0, 0.05) is 0 Å². The van der Waals surface area contributed by atoms with Gasteiger partial charge in [0.15, 0.2) is 0 Å². The van der Waals surface area contributed by atoms with Crippen LogP contribution in [0, 0.1) is 0 Å². The zero-order chi connectivity index (χ0) is 31.1. The van der Waals surface area contributed by atoms with Gasteiger partial charge in [0.25, 0.3) is 0 Å². The Hall–Kier alpha value is -3.39. The number of carbonyl (C=O) groups is 3. The molecule has 1 heterocycles. The summed E-state index contributed by atoms with van der Waals surface area (Å²) in [6.45, 7) is 14.1. The number of rotatable bonds is 11. The maximum absolute atomic E-state index is 13.6. The number of hydrogen-bond acceptors (Lipinski definition) is 8. The fraction of sp³-hybridized carbons (Fsp3) is 0.424. The van der Waals surface area contributed by atoms with Crippen molar-refractivity contribution in [3.63, 3.8) is 0 Å². The molecule has 3 aromatic carbocycles. The van der Waals surface area contributed by atoms with Gasteiger partial charge in [-0.05, 0) is 0 Å². The third-order valence-corrected chi connectivity index (χ3v) is 9.09. The average Bonchev–Trinajstić information content (AvgIpc) is 2.96. The summed E-state index contributed by atoms with van der Waals surface area (Å²) >= 11 is -1.30. The molecule has 0 spiro atoms. The molecule has 1 fully saturated rings. The number of nitrogens with zero attached hydrogens (tertiary/aromatic N) is 1. The molecule has 0 unspecified atom stereocenters. The number of benzene rings is 3. The molecule has 1 N–H and O–H groups in total. The van der Waals surface area contributed by atoms with Crippen LogP contribution in [-0.2, 0) is 19.7 Å². The number of methoxy groups -OCH3 is 1. The molecule has 0 bridgehead atoms. The van der Waals surface area contributed by atoms with Crippen molar-refractivity contribution in [2.24, 2.45) is 0 Å². The Morgan fingerprint density at radius 1 is 1.02 bits per heavy atom. The minimum absolute atomic E-state index is 0.290. The van der Waals surface area contributed by atoms with Crippen LogP contribution in [0.4, 0.5) is 10.5 Å². The summed E-state index contributed by atoms with van der Waals surface area (Å²) in [6.07, 6.45) is -0.930. The van der Waals surface area contributed by atoms with Gasteiger partial charge >= 0.3 is 256 Å². The second kappa shape index (κ2) is 14.4. The van der Waals surface area contributed by atoms with Crippen LogP contribution in [0.5, 0.6) is 11.5 Å². The van der Waals surface area contributed by atoms with E-state index in [1.54, 1.807) is 26.0 Å². The number of ketones is 1. The first kappa shape index (κ1) is 32.5. The molecule has 229 valence electrons. The molecule has 10 heteroatoms. The van der Waals surface area contributed by atoms with E-state index in [1.807, 2.05) is 57.2 Å². The van der Waals surface area contributed by atoms with E-state index in [-0.39, 0.29) is 11.5 Å². The van der Waals surface area contributed by atoms with Gasteiger partial charge in [0.2, 0.25) is 0 Å². The summed E-state index contributed by atoms with van der Waals surface area (Å²) < 4.78 is 22.6. The van der Waals surface area contributed by atoms with Crippen LogP contribution >= 0.6 is 0 Å². The molecule has 1 saturated heterocycles. The van der Waals surface area contributed by atoms with Crippen LogP contribution in [-0.4, -0.2) is 89.8 Å². The number of carbonyl (C=O) groups excluding carboxylic acids is 3. The predicted molar refractivity (Wildman–Crippen MR) is 168 cm³/mol. The molecular weight excluding hydrogens is 611 g/mol. The Kier molecular flexibility index (Phi) is 10.9. The normalized spacial score (nSPS) is 14.3. The quantitative estimate of drug-likeness (QED) is 0.183. The van der Waals surface area contributed by atoms with Crippen LogP contribution in [0.1, 0.15) is 50.5 Å². The average molecular weight is 652 g/mol. The van der Waals surface area contributed by atoms with Crippen molar-refractivity contribution in [3.8, 4) is 11.5 Å². The van der Waals surface area contributed by atoms with Gasteiger partial charge < -0.3 is 4.74 Å². The number of amides is 1. The predicted octanol–water partition coefficient (Wildman–Crippen LogP) is 4.55. The second-order valence-electron chi connectivity index (χ2n) is 11.6. The Morgan fingerprint density at radius 3 is 2.37 bits per heavy atom. The van der Waals surface area contributed by atoms with Gasteiger partial charge in [-0.15, -0.1) is 0 Å². The van der Waals surface area contributed by atoms with E-state index in [9.17, 15) is 14.4 Å². The number of ether oxygens (including phenoxy) is 4. The first-order valence-corrected chi connectivity index (χ1v) is 16.3. The van der Waals surface area contributed by atoms with Crippen LogP contribution in [0.25, 0.3) is 10.8 Å². The topological polar surface area (TPSA) is 103 Å². The zero-order valence-corrected chi connectivity index (χ0v) is 27.6. The minimum atomic E-state index is -1.30. The summed E-state index contributed by atoms with van der Waals surface area (Å²) in [6, 6.07) is 14.6. The maximum atomic E-state index is 13.6. The number of morpholine rings is 1. The van der Waals surface area contributed by atoms with E-state index < -0.39 is 32.2 Å². The van der Waals surface area contributed by atoms with E-state index in [1.165, 1.54) is 7.11 Å². The fourth-order valence-corrected chi connectivity index (χ4v) is 6.78. The van der Waals surface area contributed by atoms with E-state index in [0.29, 0.717) is 39.1 Å². The van der Waals surface area contributed by atoms with Crippen molar-refractivity contribution in [1.82, 2.24) is 4.90 Å². The molecule has 43 heavy (non-hydrogen) atoms. The van der Waals surface area contributed by atoms with Crippen LogP contribution in [0.3, 0.4) is 0 Å². The summed E-state index contributed by atoms with van der Waals surface area (Å²) in [4.78, 5) is 42.0. The van der Waals surface area contributed by atoms with Crippen molar-refractivity contribution >= 4 is 53.0 Å². The van der Waals surface area contributed by atoms with Crippen LogP contribution in [0.15, 0.2) is 48.5 Å². The van der Waals surface area contributed by atoms with Gasteiger partial charge in [-0.25, -0.2) is 0 Å². The van der Waals surface area contributed by atoms with E-state index in [4.69, 9.17) is 18.9 Å². The van der Waals surface area contributed by atoms with Crippen molar-refractivity contribution in [2.45, 2.75) is 46.1 Å². The molecule has 0 saturated carbocycles. The van der Waals surface area contributed by atoms with Gasteiger partial charge in [-0.1, -0.05) is 0 Å². The third-order valence-electron chi connectivity index (χ3n) is 7.03. The molecular formula is C33H40AsN2O7. The van der Waals surface area contributed by atoms with Gasteiger partial charge in [-0.3, -0.25) is 0 Å². The molecule has 1 aliphatic heterocycles. The number of Topliss-reactive ketones (excluding diaryl/α,β-unsaturated/α-hetero) is 1. The fourth-order valence-electron chi connectivity index (χ4n) is 4.77. The molecule has 3 aromatic rings. The monoisotopic (exact) mass is 651 g/mol. The molecule has 1 amide bonds. The molecule has 9 nitrogen and oxygen atoms in total. The van der Waals surface area contributed by atoms with Crippen molar-refractivity contribution < 1.29 is 33.3 Å². The van der Waals surface area contributed by atoms with Crippen molar-refractivity contribution in [1.29, 1.82) is 0 Å². The molecule has 0 atom stereocenters. The number of fused-ring (bicyclic) bond motifs is 1. The van der Waals surface area contributed by atoms with E-state index >= 15 is 0 Å². The van der Waals surface area contributed by atoms with Crippen LogP contribution in [0.2, 0.25) is 0 Å². The Labute approximate surface area is 259 Å². The van der Waals surface area contributed by atoms with Crippen molar-refractivity contribution in [3.05, 3.63) is 59.7 Å². The molecule has 1 aliphatic rings. The SMILES string of the molecule is COc1c(NC(=O)OC(C)C)cc(C(C)(C)C)cc1[As]C(=O)C(=O)c1ccc(OCCN2CCOCC2)c2ccccc12. The van der Waals surface area contributed by atoms with Crippen molar-refractivity contribution in [2.75, 3.05) is 51.9 Å². The number of anilines is 1. The zero-order valence-electron chi connectivity index (χ0n) is 25.7. The van der Waals surface area contributed by atoms with Gasteiger partial charge in [0.05, 0.1) is 0 Å². The molecule has 0 aromatic heterocycles. The number of nitrogens with one attached hydrogen (secondary N) is 1. The third kappa shape index (κ3) is 8.37. The Balaban J connectivity index is 1.59. The molecule has 1 radical (unpaired) electrons. The Bertz CT molecular complexity index is 1480. The van der Waals surface area contributed by atoms with Gasteiger partial charge in [-0.2, -0.15) is 0 Å². The number of hydrogen-bond donors (Lipinski definition) is 1. The second-order valence-corrected chi connectivity index (χ2v) is 13.9. The van der Waals surface area contributed by atoms with Crippen LogP contribution < -0.4 is 19.1 Å². The van der Waals surface area contributed by atoms with E-state index in [2.05, 4.69) is 10.2 Å². The molecule has 0 aliphatic carbocycles.